The van der Waals surface area contributed by atoms with Crippen LogP contribution in [0.3, 0.4) is 0 Å². The van der Waals surface area contributed by atoms with Gasteiger partial charge < -0.3 is 10.6 Å². The largest absolute Gasteiger partial charge is 0.399 e. The summed E-state index contributed by atoms with van der Waals surface area (Å²) < 4.78 is 0. The Morgan fingerprint density at radius 3 is 2.52 bits per heavy atom. The first-order valence-corrected chi connectivity index (χ1v) is 7.28. The van der Waals surface area contributed by atoms with Gasteiger partial charge in [-0.25, -0.2) is 4.98 Å². The van der Waals surface area contributed by atoms with Crippen LogP contribution >= 0.6 is 11.6 Å². The van der Waals surface area contributed by atoms with Crippen LogP contribution in [-0.4, -0.2) is 21.8 Å². The van der Waals surface area contributed by atoms with Crippen LogP contribution in [0.4, 0.5) is 5.69 Å². The molecule has 5 heteroatoms. The highest BCUT2D eigenvalue weighted by atomic mass is 35.5. The molecule has 4 nitrogen and oxygen atoms in total. The molecule has 0 saturated heterocycles. The van der Waals surface area contributed by atoms with Crippen molar-refractivity contribution in [3.8, 4) is 0 Å². The third-order valence-electron chi connectivity index (χ3n) is 3.53. The lowest BCUT2D eigenvalue weighted by Crippen LogP contribution is -2.33. The van der Waals surface area contributed by atoms with Crippen LogP contribution in [0.25, 0.3) is 0 Å². The lowest BCUT2D eigenvalue weighted by molar-refractivity contribution is 0.0724. The highest BCUT2D eigenvalue weighted by Crippen LogP contribution is 2.29. The van der Waals surface area contributed by atoms with E-state index in [-0.39, 0.29) is 5.91 Å². The minimum absolute atomic E-state index is 0.0500. The molecule has 0 spiro atoms. The molecule has 3 rings (SSSR count). The average molecular weight is 302 g/mol. The second-order valence-electron chi connectivity index (χ2n) is 5.27. The Labute approximate surface area is 128 Å². The van der Waals surface area contributed by atoms with E-state index < -0.39 is 0 Å². The van der Waals surface area contributed by atoms with E-state index in [1.807, 2.05) is 29.2 Å². The van der Waals surface area contributed by atoms with E-state index in [9.17, 15) is 4.79 Å². The van der Waals surface area contributed by atoms with Crippen LogP contribution < -0.4 is 5.73 Å². The molecule has 1 aromatic carbocycles. The van der Waals surface area contributed by atoms with E-state index in [4.69, 9.17) is 17.3 Å². The SMILES string of the molecule is Nc1ccc(CN(C(=O)c2ccc(Cl)cn2)C2CC2)cc1. The molecule has 1 amide bonds. The van der Waals surface area contributed by atoms with Crippen molar-refractivity contribution in [3.63, 3.8) is 0 Å². The number of benzene rings is 1. The highest BCUT2D eigenvalue weighted by Gasteiger charge is 2.33. The number of nitrogens with zero attached hydrogens (tertiary/aromatic N) is 2. The normalized spacial score (nSPS) is 14.0. The van der Waals surface area contributed by atoms with Crippen molar-refractivity contribution < 1.29 is 4.79 Å². The lowest BCUT2D eigenvalue weighted by Gasteiger charge is -2.22. The predicted molar refractivity (Wildman–Crippen MR) is 83.0 cm³/mol. The predicted octanol–water partition coefficient (Wildman–Crippen LogP) is 3.12. The number of halogens is 1. The van der Waals surface area contributed by atoms with Gasteiger partial charge in [-0.1, -0.05) is 23.7 Å². The van der Waals surface area contributed by atoms with E-state index in [2.05, 4.69) is 4.98 Å². The number of carbonyl (C=O) groups is 1. The quantitative estimate of drug-likeness (QED) is 0.883. The molecular formula is C16H16ClN3O. The number of pyridine rings is 1. The summed E-state index contributed by atoms with van der Waals surface area (Å²) >= 11 is 5.82. The van der Waals surface area contributed by atoms with Crippen LogP contribution in [0.5, 0.6) is 0 Å². The summed E-state index contributed by atoms with van der Waals surface area (Å²) in [6.45, 7) is 0.577. The molecule has 108 valence electrons. The number of anilines is 1. The molecule has 0 radical (unpaired) electrons. The van der Waals surface area contributed by atoms with Crippen molar-refractivity contribution >= 4 is 23.2 Å². The van der Waals surface area contributed by atoms with Crippen molar-refractivity contribution in [1.29, 1.82) is 0 Å². The number of amides is 1. The number of aromatic nitrogens is 1. The maximum Gasteiger partial charge on any atom is 0.272 e. The fourth-order valence-corrected chi connectivity index (χ4v) is 2.33. The molecule has 0 unspecified atom stereocenters. The Bertz CT molecular complexity index is 636. The van der Waals surface area contributed by atoms with Crippen LogP contribution in [0.15, 0.2) is 42.6 Å². The zero-order valence-corrected chi connectivity index (χ0v) is 12.3. The number of hydrogen-bond acceptors (Lipinski definition) is 3. The number of nitrogen functional groups attached to an aromatic ring is 1. The molecule has 1 aliphatic carbocycles. The van der Waals surface area contributed by atoms with Crippen LogP contribution in [0, 0.1) is 0 Å². The zero-order valence-electron chi connectivity index (χ0n) is 11.5. The fraction of sp³-hybridized carbons (Fsp3) is 0.250. The topological polar surface area (TPSA) is 59.2 Å². The van der Waals surface area contributed by atoms with Crippen molar-refractivity contribution in [2.75, 3.05) is 5.73 Å². The summed E-state index contributed by atoms with van der Waals surface area (Å²) in [6, 6.07) is 11.3. The Balaban J connectivity index is 1.79. The summed E-state index contributed by atoms with van der Waals surface area (Å²) in [4.78, 5) is 18.6. The number of rotatable bonds is 4. The minimum Gasteiger partial charge on any atom is -0.399 e. The van der Waals surface area contributed by atoms with Crippen molar-refractivity contribution in [3.05, 3.63) is 58.9 Å². The van der Waals surface area contributed by atoms with Crippen LogP contribution in [0.2, 0.25) is 5.02 Å². The van der Waals surface area contributed by atoms with Gasteiger partial charge in [-0.15, -0.1) is 0 Å². The third kappa shape index (κ3) is 3.34. The highest BCUT2D eigenvalue weighted by molar-refractivity contribution is 6.30. The molecule has 2 N–H and O–H groups in total. The number of nitrogens with two attached hydrogens (primary N) is 1. The standard InChI is InChI=1S/C16H16ClN3O/c17-12-3-8-15(19-9-12)16(21)20(14-6-7-14)10-11-1-4-13(18)5-2-11/h1-5,8-9,14H,6-7,10,18H2. The summed E-state index contributed by atoms with van der Waals surface area (Å²) in [7, 11) is 0. The Kier molecular flexibility index (Phi) is 3.80. The van der Waals surface area contributed by atoms with E-state index in [0.717, 1.165) is 24.1 Å². The monoisotopic (exact) mass is 301 g/mol. The molecule has 1 heterocycles. The van der Waals surface area contributed by atoms with Gasteiger partial charge in [0.05, 0.1) is 5.02 Å². The Morgan fingerprint density at radius 1 is 1.24 bits per heavy atom. The molecule has 2 aromatic rings. The molecule has 0 bridgehead atoms. The van der Waals surface area contributed by atoms with Gasteiger partial charge in [0.1, 0.15) is 5.69 Å². The Hall–Kier alpha value is -2.07. The average Bonchev–Trinajstić information content (AvgIpc) is 3.31. The summed E-state index contributed by atoms with van der Waals surface area (Å²) in [5, 5.41) is 0.531. The van der Waals surface area contributed by atoms with Crippen molar-refractivity contribution in [2.45, 2.75) is 25.4 Å². The summed E-state index contributed by atoms with van der Waals surface area (Å²) in [5.74, 6) is -0.0500. The first-order chi connectivity index (χ1) is 10.1. The van der Waals surface area contributed by atoms with Gasteiger partial charge in [0.25, 0.3) is 5.91 Å². The molecule has 1 aromatic heterocycles. The fourth-order valence-electron chi connectivity index (χ4n) is 2.22. The second kappa shape index (κ2) is 5.74. The van der Waals surface area contributed by atoms with Crippen LogP contribution in [0.1, 0.15) is 28.9 Å². The van der Waals surface area contributed by atoms with E-state index in [1.165, 1.54) is 6.20 Å². The molecular weight excluding hydrogens is 286 g/mol. The van der Waals surface area contributed by atoms with E-state index in [0.29, 0.717) is 23.3 Å². The van der Waals surface area contributed by atoms with Gasteiger partial charge in [0.15, 0.2) is 0 Å². The van der Waals surface area contributed by atoms with E-state index >= 15 is 0 Å². The molecule has 1 fully saturated rings. The smallest absolute Gasteiger partial charge is 0.272 e. The summed E-state index contributed by atoms with van der Waals surface area (Å²) in [6.07, 6.45) is 3.60. The second-order valence-corrected chi connectivity index (χ2v) is 5.70. The first kappa shape index (κ1) is 13.9. The van der Waals surface area contributed by atoms with Crippen molar-refractivity contribution in [1.82, 2.24) is 9.88 Å². The van der Waals surface area contributed by atoms with Gasteiger partial charge >= 0.3 is 0 Å². The van der Waals surface area contributed by atoms with E-state index in [1.54, 1.807) is 12.1 Å². The molecule has 0 aliphatic heterocycles. The molecule has 1 aliphatic rings. The van der Waals surface area contributed by atoms with Crippen LogP contribution in [-0.2, 0) is 6.54 Å². The summed E-state index contributed by atoms with van der Waals surface area (Å²) in [5.41, 5.74) is 7.92. The minimum atomic E-state index is -0.0500. The Morgan fingerprint density at radius 2 is 1.95 bits per heavy atom. The van der Waals surface area contributed by atoms with Gasteiger partial charge in [-0.2, -0.15) is 0 Å². The van der Waals surface area contributed by atoms with Gasteiger partial charge in [0, 0.05) is 24.5 Å². The van der Waals surface area contributed by atoms with Crippen molar-refractivity contribution in [2.24, 2.45) is 0 Å². The van der Waals surface area contributed by atoms with Gasteiger partial charge in [0.2, 0.25) is 0 Å². The zero-order chi connectivity index (χ0) is 14.8. The maximum absolute atomic E-state index is 12.6. The maximum atomic E-state index is 12.6. The third-order valence-corrected chi connectivity index (χ3v) is 3.75. The first-order valence-electron chi connectivity index (χ1n) is 6.90. The molecule has 1 saturated carbocycles. The lowest BCUT2D eigenvalue weighted by atomic mass is 10.2. The van der Waals surface area contributed by atoms with Gasteiger partial charge in [-0.05, 0) is 42.7 Å². The molecule has 21 heavy (non-hydrogen) atoms. The molecule has 0 atom stereocenters. The number of carbonyl (C=O) groups excluding carboxylic acids is 1. The number of hydrogen-bond donors (Lipinski definition) is 1. The van der Waals surface area contributed by atoms with Gasteiger partial charge in [-0.3, -0.25) is 4.79 Å².